The number of amidine groups is 1. The summed E-state index contributed by atoms with van der Waals surface area (Å²) in [5, 5.41) is 4.49. The van der Waals surface area contributed by atoms with E-state index < -0.39 is 11.6 Å². The van der Waals surface area contributed by atoms with Crippen LogP contribution in [0.3, 0.4) is 0 Å². The number of nitrogens with zero attached hydrogens (tertiary/aromatic N) is 5. The Morgan fingerprint density at radius 1 is 1.09 bits per heavy atom. The molecule has 8 nitrogen and oxygen atoms in total. The fourth-order valence-corrected chi connectivity index (χ4v) is 4.45. The molecule has 184 valence electrons. The number of aromatic nitrogens is 2. The molecule has 1 saturated heterocycles. The highest BCUT2D eigenvalue weighted by molar-refractivity contribution is 6.18. The summed E-state index contributed by atoms with van der Waals surface area (Å²) in [6, 6.07) is 1.21. The topological polar surface area (TPSA) is 73.5 Å². The average molecular weight is 484 g/mol. The van der Waals surface area contributed by atoms with Gasteiger partial charge in [0.15, 0.2) is 23.1 Å². The third kappa shape index (κ3) is 4.76. The van der Waals surface area contributed by atoms with Gasteiger partial charge in [-0.2, -0.15) is 5.10 Å². The van der Waals surface area contributed by atoms with Crippen molar-refractivity contribution in [1.29, 1.82) is 0 Å². The summed E-state index contributed by atoms with van der Waals surface area (Å²) in [7, 11) is 2.67. The molecule has 0 aliphatic carbocycles. The SMILES string of the molecule is COc1cc(OC)c(F)c(CC2=CN=C3N=CC(c4cnn(CCN5CCOCC5)c4)=CC23)c1F. The van der Waals surface area contributed by atoms with E-state index in [9.17, 15) is 8.78 Å². The van der Waals surface area contributed by atoms with Gasteiger partial charge in [-0.3, -0.25) is 9.58 Å². The lowest BCUT2D eigenvalue weighted by molar-refractivity contribution is 0.0360. The summed E-state index contributed by atoms with van der Waals surface area (Å²) in [6.07, 6.45) is 9.22. The van der Waals surface area contributed by atoms with Gasteiger partial charge in [-0.15, -0.1) is 0 Å². The van der Waals surface area contributed by atoms with Crippen LogP contribution in [0, 0.1) is 17.6 Å². The smallest absolute Gasteiger partial charge is 0.171 e. The molecule has 1 atom stereocenters. The minimum atomic E-state index is -0.745. The molecular formula is C25H27F2N5O3. The van der Waals surface area contributed by atoms with Crippen LogP contribution in [0.4, 0.5) is 8.78 Å². The molecule has 1 aromatic heterocycles. The van der Waals surface area contributed by atoms with Crippen LogP contribution in [-0.4, -0.2) is 73.8 Å². The van der Waals surface area contributed by atoms with Crippen LogP contribution in [0.5, 0.6) is 11.5 Å². The minimum absolute atomic E-state index is 0.0149. The standard InChI is InChI=1S/C25H27F2N5O3/c1-33-21-11-22(34-2)24(27)20(23(21)26)10-17-13-29-25-19(17)9-16(12-28-25)18-14-30-32(15-18)4-3-31-5-7-35-8-6-31/h9,11-15,19H,3-8,10H2,1-2H3. The Balaban J connectivity index is 1.32. The number of allylic oxidation sites excluding steroid dienone is 1. The van der Waals surface area contributed by atoms with Crippen molar-refractivity contribution in [3.63, 3.8) is 0 Å². The zero-order valence-corrected chi connectivity index (χ0v) is 19.7. The van der Waals surface area contributed by atoms with Gasteiger partial charge in [0.1, 0.15) is 5.84 Å². The van der Waals surface area contributed by atoms with Gasteiger partial charge in [-0.25, -0.2) is 18.8 Å². The lowest BCUT2D eigenvalue weighted by Gasteiger charge is -2.26. The summed E-state index contributed by atoms with van der Waals surface area (Å²) >= 11 is 0. The second-order valence-corrected chi connectivity index (χ2v) is 8.56. The quantitative estimate of drug-likeness (QED) is 0.577. The van der Waals surface area contributed by atoms with Crippen molar-refractivity contribution >= 4 is 17.6 Å². The van der Waals surface area contributed by atoms with Crippen molar-refractivity contribution in [1.82, 2.24) is 14.7 Å². The zero-order chi connectivity index (χ0) is 24.4. The number of methoxy groups -OCH3 is 2. The average Bonchev–Trinajstić information content (AvgIpc) is 3.53. The van der Waals surface area contributed by atoms with Crippen molar-refractivity contribution in [3.05, 3.63) is 59.1 Å². The zero-order valence-electron chi connectivity index (χ0n) is 19.7. The highest BCUT2D eigenvalue weighted by Crippen LogP contribution is 2.36. The normalized spacial score (nSPS) is 19.8. The Hall–Kier alpha value is -3.37. The summed E-state index contributed by atoms with van der Waals surface area (Å²) in [6.45, 7) is 5.10. The molecule has 5 rings (SSSR count). The number of ether oxygens (including phenoxy) is 3. The van der Waals surface area contributed by atoms with E-state index in [2.05, 4.69) is 20.0 Å². The molecule has 0 saturated carbocycles. The molecule has 35 heavy (non-hydrogen) atoms. The van der Waals surface area contributed by atoms with E-state index in [1.807, 2.05) is 23.2 Å². The maximum absolute atomic E-state index is 14.9. The van der Waals surface area contributed by atoms with E-state index in [-0.39, 0.29) is 29.4 Å². The third-order valence-electron chi connectivity index (χ3n) is 6.48. The van der Waals surface area contributed by atoms with Crippen LogP contribution in [-0.2, 0) is 17.7 Å². The van der Waals surface area contributed by atoms with E-state index in [0.29, 0.717) is 5.84 Å². The van der Waals surface area contributed by atoms with Gasteiger partial charge in [0.05, 0.1) is 46.1 Å². The fraction of sp³-hybridized carbons (Fsp3) is 0.400. The molecule has 1 aromatic carbocycles. The first kappa shape index (κ1) is 23.4. The molecule has 0 radical (unpaired) electrons. The first-order valence-corrected chi connectivity index (χ1v) is 11.5. The maximum Gasteiger partial charge on any atom is 0.171 e. The predicted molar refractivity (Wildman–Crippen MR) is 128 cm³/mol. The van der Waals surface area contributed by atoms with Crippen LogP contribution in [0.25, 0.3) is 5.57 Å². The lowest BCUT2D eigenvalue weighted by Crippen LogP contribution is -2.38. The number of halogens is 2. The Kier molecular flexibility index (Phi) is 6.74. The first-order valence-electron chi connectivity index (χ1n) is 11.5. The van der Waals surface area contributed by atoms with Crippen molar-refractivity contribution in [2.75, 3.05) is 47.1 Å². The van der Waals surface area contributed by atoms with Crippen molar-refractivity contribution in [2.24, 2.45) is 15.9 Å². The van der Waals surface area contributed by atoms with E-state index in [1.165, 1.54) is 20.3 Å². The van der Waals surface area contributed by atoms with Crippen LogP contribution in [0.1, 0.15) is 11.1 Å². The van der Waals surface area contributed by atoms with E-state index >= 15 is 0 Å². The number of fused-ring (bicyclic) bond motifs is 1. The molecule has 0 bridgehead atoms. The molecule has 0 N–H and O–H groups in total. The Bertz CT molecular complexity index is 1200. The molecule has 3 aliphatic rings. The van der Waals surface area contributed by atoms with Gasteiger partial charge in [0, 0.05) is 67.4 Å². The number of dihydropyridines is 1. The molecule has 0 amide bonds. The Morgan fingerprint density at radius 2 is 1.83 bits per heavy atom. The first-order chi connectivity index (χ1) is 17.1. The molecule has 1 fully saturated rings. The maximum atomic E-state index is 14.9. The van der Waals surface area contributed by atoms with Crippen LogP contribution >= 0.6 is 0 Å². The fourth-order valence-electron chi connectivity index (χ4n) is 4.45. The molecule has 2 aromatic rings. The predicted octanol–water partition coefficient (Wildman–Crippen LogP) is 3.13. The van der Waals surface area contributed by atoms with E-state index in [0.717, 1.165) is 56.1 Å². The Morgan fingerprint density at radius 3 is 2.54 bits per heavy atom. The molecule has 3 aliphatic heterocycles. The van der Waals surface area contributed by atoms with Crippen LogP contribution < -0.4 is 9.47 Å². The summed E-state index contributed by atoms with van der Waals surface area (Å²) in [5.74, 6) is -1.31. The van der Waals surface area contributed by atoms with Crippen molar-refractivity contribution in [2.45, 2.75) is 13.0 Å². The third-order valence-corrected chi connectivity index (χ3v) is 6.48. The van der Waals surface area contributed by atoms with Crippen molar-refractivity contribution < 1.29 is 23.0 Å². The lowest BCUT2D eigenvalue weighted by atomic mass is 9.89. The van der Waals surface area contributed by atoms with Gasteiger partial charge in [-0.1, -0.05) is 6.08 Å². The van der Waals surface area contributed by atoms with Gasteiger partial charge < -0.3 is 14.2 Å². The van der Waals surface area contributed by atoms with E-state index in [4.69, 9.17) is 14.2 Å². The summed E-state index contributed by atoms with van der Waals surface area (Å²) in [4.78, 5) is 11.2. The van der Waals surface area contributed by atoms with Crippen LogP contribution in [0.15, 0.2) is 46.3 Å². The van der Waals surface area contributed by atoms with Gasteiger partial charge in [0.25, 0.3) is 0 Å². The van der Waals surface area contributed by atoms with Crippen LogP contribution in [0.2, 0.25) is 0 Å². The highest BCUT2D eigenvalue weighted by atomic mass is 19.1. The molecule has 0 spiro atoms. The van der Waals surface area contributed by atoms with Crippen molar-refractivity contribution in [3.8, 4) is 11.5 Å². The molecule has 1 unspecified atom stereocenters. The highest BCUT2D eigenvalue weighted by Gasteiger charge is 2.29. The minimum Gasteiger partial charge on any atom is -0.494 e. The summed E-state index contributed by atoms with van der Waals surface area (Å²) < 4.78 is 47.3. The molecule has 4 heterocycles. The molecule has 10 heteroatoms. The second-order valence-electron chi connectivity index (χ2n) is 8.56. The van der Waals surface area contributed by atoms with E-state index in [1.54, 1.807) is 12.4 Å². The summed E-state index contributed by atoms with van der Waals surface area (Å²) in [5.41, 5.74) is 2.44. The number of hydrogen-bond acceptors (Lipinski definition) is 7. The number of benzene rings is 1. The number of aliphatic imine (C=N–C) groups is 2. The Labute approximate surface area is 202 Å². The second kappa shape index (κ2) is 10.1. The number of rotatable bonds is 8. The number of morpholine rings is 1. The number of hydrogen-bond donors (Lipinski definition) is 0. The van der Waals surface area contributed by atoms with Gasteiger partial charge in [-0.05, 0) is 5.57 Å². The van der Waals surface area contributed by atoms with Gasteiger partial charge in [0.2, 0.25) is 0 Å². The van der Waals surface area contributed by atoms with Gasteiger partial charge >= 0.3 is 0 Å². The largest absolute Gasteiger partial charge is 0.494 e. The molecular weight excluding hydrogens is 456 g/mol. The monoisotopic (exact) mass is 483 g/mol.